The van der Waals surface area contributed by atoms with Crippen LogP contribution in [0.1, 0.15) is 21.5 Å². The van der Waals surface area contributed by atoms with Crippen LogP contribution in [-0.2, 0) is 11.2 Å². The van der Waals surface area contributed by atoms with Gasteiger partial charge in [0.05, 0.1) is 6.42 Å². The maximum atomic E-state index is 13.0. The van der Waals surface area contributed by atoms with Crippen LogP contribution < -0.4 is 4.74 Å². The molecule has 110 valence electrons. The summed E-state index contributed by atoms with van der Waals surface area (Å²) in [6, 6.07) is 7.60. The van der Waals surface area contributed by atoms with Crippen molar-refractivity contribution in [1.29, 1.82) is 0 Å². The van der Waals surface area contributed by atoms with Crippen LogP contribution in [0.4, 0.5) is 8.78 Å². The van der Waals surface area contributed by atoms with E-state index in [1.807, 2.05) is 0 Å². The topological polar surface area (TPSA) is 43.4 Å². The second-order valence-electron chi connectivity index (χ2n) is 4.88. The molecule has 0 radical (unpaired) electrons. The van der Waals surface area contributed by atoms with E-state index in [2.05, 4.69) is 0 Å². The zero-order chi connectivity index (χ0) is 15.7. The van der Waals surface area contributed by atoms with Crippen LogP contribution >= 0.6 is 0 Å². The Morgan fingerprint density at radius 1 is 1.00 bits per heavy atom. The Bertz CT molecular complexity index is 789. The molecule has 0 unspecified atom stereocenters. The van der Waals surface area contributed by atoms with Crippen molar-refractivity contribution in [1.82, 2.24) is 0 Å². The molecule has 5 heteroatoms. The van der Waals surface area contributed by atoms with Crippen LogP contribution in [0.2, 0.25) is 0 Å². The van der Waals surface area contributed by atoms with Crippen LogP contribution in [0, 0.1) is 11.6 Å². The molecule has 3 nitrogen and oxygen atoms in total. The Balaban J connectivity index is 1.72. The Morgan fingerprint density at radius 2 is 1.73 bits per heavy atom. The highest BCUT2D eigenvalue weighted by Gasteiger charge is 2.15. The van der Waals surface area contributed by atoms with Gasteiger partial charge in [-0.25, -0.2) is 8.78 Å². The van der Waals surface area contributed by atoms with Crippen molar-refractivity contribution in [3.05, 3.63) is 70.8 Å². The normalized spacial score (nSPS) is 12.4. The number of hydrogen-bond acceptors (Lipinski definition) is 3. The Labute approximate surface area is 124 Å². The number of esters is 1. The van der Waals surface area contributed by atoms with Gasteiger partial charge in [-0.1, -0.05) is 18.2 Å². The quantitative estimate of drug-likeness (QED) is 0.645. The number of carbonyl (C=O) groups excluding carboxylic acids is 2. The summed E-state index contributed by atoms with van der Waals surface area (Å²) in [6.45, 7) is 0. The fourth-order valence-electron chi connectivity index (χ4n) is 2.25. The first-order valence-electron chi connectivity index (χ1n) is 6.53. The molecule has 1 aliphatic rings. The smallest absolute Gasteiger partial charge is 0.315 e. The van der Waals surface area contributed by atoms with E-state index in [-0.39, 0.29) is 18.0 Å². The monoisotopic (exact) mass is 300 g/mol. The summed E-state index contributed by atoms with van der Waals surface area (Å²) in [5, 5.41) is 0. The minimum atomic E-state index is -0.822. The SMILES string of the molecule is O=C(Cc1ccc2c(c1)C(=O)C=C2)Oc1cc(F)cc(F)c1. The minimum absolute atomic E-state index is 0.0985. The molecule has 2 aromatic carbocycles. The van der Waals surface area contributed by atoms with E-state index in [9.17, 15) is 18.4 Å². The first kappa shape index (κ1) is 14.1. The van der Waals surface area contributed by atoms with Gasteiger partial charge in [0.25, 0.3) is 0 Å². The van der Waals surface area contributed by atoms with E-state index in [0.29, 0.717) is 17.2 Å². The van der Waals surface area contributed by atoms with Gasteiger partial charge in [0, 0.05) is 23.8 Å². The highest BCUT2D eigenvalue weighted by molar-refractivity contribution is 6.13. The average Bonchev–Trinajstić information content (AvgIpc) is 2.79. The molecule has 1 aliphatic carbocycles. The van der Waals surface area contributed by atoms with Crippen molar-refractivity contribution in [2.45, 2.75) is 6.42 Å². The van der Waals surface area contributed by atoms with Gasteiger partial charge in [-0.2, -0.15) is 0 Å². The van der Waals surface area contributed by atoms with Gasteiger partial charge >= 0.3 is 5.97 Å². The van der Waals surface area contributed by atoms with E-state index in [0.717, 1.165) is 17.7 Å². The number of ether oxygens (including phenoxy) is 1. The molecule has 0 spiro atoms. The molecular weight excluding hydrogens is 290 g/mol. The molecule has 3 rings (SSSR count). The van der Waals surface area contributed by atoms with Gasteiger partial charge in [-0.15, -0.1) is 0 Å². The summed E-state index contributed by atoms with van der Waals surface area (Å²) in [7, 11) is 0. The summed E-state index contributed by atoms with van der Waals surface area (Å²) in [5.74, 6) is -2.61. The van der Waals surface area contributed by atoms with Crippen molar-refractivity contribution in [3.63, 3.8) is 0 Å². The summed E-state index contributed by atoms with van der Waals surface area (Å²) < 4.78 is 31.0. The lowest BCUT2D eigenvalue weighted by Gasteiger charge is -2.06. The van der Waals surface area contributed by atoms with E-state index in [1.165, 1.54) is 6.08 Å². The second kappa shape index (κ2) is 5.52. The van der Waals surface area contributed by atoms with Gasteiger partial charge in [-0.3, -0.25) is 9.59 Å². The summed E-state index contributed by atoms with van der Waals surface area (Å²) in [5.41, 5.74) is 1.93. The largest absolute Gasteiger partial charge is 0.426 e. The van der Waals surface area contributed by atoms with Crippen LogP contribution in [0.15, 0.2) is 42.5 Å². The van der Waals surface area contributed by atoms with Crippen LogP contribution in [-0.4, -0.2) is 11.8 Å². The first-order valence-corrected chi connectivity index (χ1v) is 6.53. The molecule has 2 aromatic rings. The fraction of sp³-hybridized carbons (Fsp3) is 0.0588. The van der Waals surface area contributed by atoms with Crippen molar-refractivity contribution in [3.8, 4) is 5.75 Å². The first-order chi connectivity index (χ1) is 10.5. The molecule has 22 heavy (non-hydrogen) atoms. The van der Waals surface area contributed by atoms with Crippen LogP contribution in [0.3, 0.4) is 0 Å². The van der Waals surface area contributed by atoms with Gasteiger partial charge in [0.15, 0.2) is 5.78 Å². The number of ketones is 1. The third-order valence-electron chi connectivity index (χ3n) is 3.21. The number of fused-ring (bicyclic) bond motifs is 1. The zero-order valence-corrected chi connectivity index (χ0v) is 11.3. The van der Waals surface area contributed by atoms with Gasteiger partial charge in [0.2, 0.25) is 0 Å². The number of hydrogen-bond donors (Lipinski definition) is 0. The zero-order valence-electron chi connectivity index (χ0n) is 11.3. The van der Waals surface area contributed by atoms with Gasteiger partial charge < -0.3 is 4.74 Å². The predicted molar refractivity (Wildman–Crippen MR) is 75.5 cm³/mol. The molecule has 0 fully saturated rings. The highest BCUT2D eigenvalue weighted by atomic mass is 19.1. The summed E-state index contributed by atoms with van der Waals surface area (Å²) in [6.07, 6.45) is 3.07. The maximum Gasteiger partial charge on any atom is 0.315 e. The van der Waals surface area contributed by atoms with Crippen molar-refractivity contribution < 1.29 is 23.1 Å². The average molecular weight is 300 g/mol. The molecule has 0 N–H and O–H groups in total. The van der Waals surface area contributed by atoms with Crippen LogP contribution in [0.25, 0.3) is 6.08 Å². The molecule has 0 aromatic heterocycles. The number of benzene rings is 2. The van der Waals surface area contributed by atoms with Crippen molar-refractivity contribution >= 4 is 17.8 Å². The van der Waals surface area contributed by atoms with Crippen molar-refractivity contribution in [2.24, 2.45) is 0 Å². The van der Waals surface area contributed by atoms with Gasteiger partial charge in [0.1, 0.15) is 17.4 Å². The van der Waals surface area contributed by atoms with E-state index < -0.39 is 17.6 Å². The lowest BCUT2D eigenvalue weighted by Crippen LogP contribution is -2.12. The van der Waals surface area contributed by atoms with E-state index in [4.69, 9.17) is 4.74 Å². The maximum absolute atomic E-state index is 13.0. The number of allylic oxidation sites excluding steroid dienone is 1. The molecule has 0 atom stereocenters. The Hall–Kier alpha value is -2.82. The predicted octanol–water partition coefficient (Wildman–Crippen LogP) is 3.32. The third kappa shape index (κ3) is 2.93. The minimum Gasteiger partial charge on any atom is -0.426 e. The Morgan fingerprint density at radius 3 is 2.45 bits per heavy atom. The molecule has 0 aliphatic heterocycles. The van der Waals surface area contributed by atoms with E-state index in [1.54, 1.807) is 24.3 Å². The fourth-order valence-corrected chi connectivity index (χ4v) is 2.25. The lowest BCUT2D eigenvalue weighted by atomic mass is 10.0. The third-order valence-corrected chi connectivity index (χ3v) is 3.21. The molecular formula is C17H10F2O3. The summed E-state index contributed by atoms with van der Waals surface area (Å²) in [4.78, 5) is 23.4. The van der Waals surface area contributed by atoms with Crippen molar-refractivity contribution in [2.75, 3.05) is 0 Å². The molecule has 0 heterocycles. The second-order valence-corrected chi connectivity index (χ2v) is 4.88. The highest BCUT2D eigenvalue weighted by Crippen LogP contribution is 2.21. The number of carbonyl (C=O) groups is 2. The van der Waals surface area contributed by atoms with Crippen LogP contribution in [0.5, 0.6) is 5.75 Å². The van der Waals surface area contributed by atoms with Gasteiger partial charge in [-0.05, 0) is 23.3 Å². The summed E-state index contributed by atoms with van der Waals surface area (Å²) >= 11 is 0. The van der Waals surface area contributed by atoms with E-state index >= 15 is 0 Å². The number of halogens is 2. The lowest BCUT2D eigenvalue weighted by molar-refractivity contribution is -0.133. The number of rotatable bonds is 3. The Kier molecular flexibility index (Phi) is 3.55. The molecule has 0 amide bonds. The molecule has 0 bridgehead atoms. The molecule has 0 saturated heterocycles. The molecule has 0 saturated carbocycles. The standard InChI is InChI=1S/C17H10F2O3/c18-12-7-13(19)9-14(8-12)22-17(21)6-10-1-2-11-3-4-16(20)15(11)5-10/h1-5,7-9H,6H2.